The van der Waals surface area contributed by atoms with E-state index in [-0.39, 0.29) is 17.4 Å². The molecule has 5 nitrogen and oxygen atoms in total. The van der Waals surface area contributed by atoms with E-state index in [1.807, 2.05) is 0 Å². The molecule has 0 saturated carbocycles. The van der Waals surface area contributed by atoms with Crippen molar-refractivity contribution in [1.29, 1.82) is 0 Å². The Morgan fingerprint density at radius 3 is 2.56 bits per heavy atom. The molecular weight excluding hydrogens is 472 g/mol. The van der Waals surface area contributed by atoms with Crippen molar-refractivity contribution >= 4 is 17.5 Å². The molecule has 0 N–H and O–H groups in total. The molecule has 1 saturated heterocycles. The largest absolute Gasteiger partial charge is 0.434 e. The summed E-state index contributed by atoms with van der Waals surface area (Å²) in [6.07, 6.45) is -1.22. The number of alkyl halides is 3. The molecule has 2 atom stereocenters. The third-order valence-corrected chi connectivity index (χ3v) is 6.77. The Bertz CT molecular complexity index is 1280. The van der Waals surface area contributed by atoms with Gasteiger partial charge in [-0.2, -0.15) is 13.2 Å². The molecule has 2 aliphatic rings. The van der Waals surface area contributed by atoms with Crippen molar-refractivity contribution in [3.63, 3.8) is 0 Å². The van der Waals surface area contributed by atoms with Crippen molar-refractivity contribution in [2.24, 2.45) is 0 Å². The molecule has 10 heteroatoms. The summed E-state index contributed by atoms with van der Waals surface area (Å²) in [4.78, 5) is 27.8. The van der Waals surface area contributed by atoms with Gasteiger partial charge >= 0.3 is 6.18 Å². The number of aromatic nitrogens is 3. The first kappa shape index (κ1) is 22.7. The molecule has 0 radical (unpaired) electrons. The van der Waals surface area contributed by atoms with Crippen LogP contribution in [0.25, 0.3) is 11.3 Å². The van der Waals surface area contributed by atoms with E-state index in [0.29, 0.717) is 36.5 Å². The lowest BCUT2D eigenvalue weighted by Crippen LogP contribution is -2.50. The first-order valence-corrected chi connectivity index (χ1v) is 11.2. The molecule has 0 spiro atoms. The van der Waals surface area contributed by atoms with E-state index in [0.717, 1.165) is 23.7 Å². The van der Waals surface area contributed by atoms with Gasteiger partial charge in [0.1, 0.15) is 11.6 Å². The topological polar surface area (TPSA) is 59.0 Å². The van der Waals surface area contributed by atoms with E-state index in [1.165, 1.54) is 18.2 Å². The number of nitrogens with zero attached hydrogens (tertiary/aromatic N) is 4. The molecule has 0 aliphatic carbocycles. The molecule has 3 aromatic rings. The lowest BCUT2D eigenvalue weighted by atomic mass is 9.80. The second-order valence-corrected chi connectivity index (χ2v) is 8.90. The van der Waals surface area contributed by atoms with Gasteiger partial charge in [0.2, 0.25) is 0 Å². The van der Waals surface area contributed by atoms with Crippen LogP contribution in [-0.4, -0.2) is 31.8 Å². The SMILES string of the molecule is Cc1nc(-c2ccc(F)cc2)c2c(n1)[C@@H]1CCC[C@H](C2)N1C(=O)c1ccnc(C(F)(F)F)c1Cl. The molecule has 2 aliphatic heterocycles. The summed E-state index contributed by atoms with van der Waals surface area (Å²) in [6, 6.07) is 6.59. The van der Waals surface area contributed by atoms with Gasteiger partial charge in [0.05, 0.1) is 28.0 Å². The van der Waals surface area contributed by atoms with Crippen molar-refractivity contribution in [2.75, 3.05) is 0 Å². The Labute approximate surface area is 197 Å². The van der Waals surface area contributed by atoms with Crippen LogP contribution < -0.4 is 0 Å². The van der Waals surface area contributed by atoms with E-state index < -0.39 is 28.8 Å². The van der Waals surface area contributed by atoms with Gasteiger partial charge in [-0.3, -0.25) is 9.78 Å². The molecule has 34 heavy (non-hydrogen) atoms. The maximum Gasteiger partial charge on any atom is 0.434 e. The number of hydrogen-bond donors (Lipinski definition) is 0. The van der Waals surface area contributed by atoms with Gasteiger partial charge in [0.25, 0.3) is 5.91 Å². The molecule has 2 aromatic heterocycles. The zero-order valence-electron chi connectivity index (χ0n) is 18.0. The number of pyridine rings is 1. The summed E-state index contributed by atoms with van der Waals surface area (Å²) in [5.74, 6) is -0.432. The predicted octanol–water partition coefficient (Wildman–Crippen LogP) is 5.95. The summed E-state index contributed by atoms with van der Waals surface area (Å²) >= 11 is 6.02. The standard InChI is InChI=1S/C24H19ClF4N4O/c1-12-31-20(13-5-7-14(26)8-6-13)17-11-15-3-2-4-18(21(17)32-12)33(15)23(34)16-9-10-30-22(19(16)25)24(27,28)29/h5-10,15,18H,2-4,11H2,1H3/t15-,18+/m1/s1. The number of carbonyl (C=O) groups is 1. The first-order chi connectivity index (χ1) is 16.1. The first-order valence-electron chi connectivity index (χ1n) is 10.8. The van der Waals surface area contributed by atoms with Crippen molar-refractivity contribution in [2.45, 2.75) is 50.9 Å². The van der Waals surface area contributed by atoms with Crippen LogP contribution in [0.2, 0.25) is 5.02 Å². The Morgan fingerprint density at radius 2 is 1.85 bits per heavy atom. The van der Waals surface area contributed by atoms with Crippen LogP contribution in [0.15, 0.2) is 36.5 Å². The van der Waals surface area contributed by atoms with Crippen LogP contribution in [0.1, 0.15) is 58.4 Å². The fourth-order valence-electron chi connectivity index (χ4n) is 4.98. The minimum atomic E-state index is -4.77. The minimum Gasteiger partial charge on any atom is -0.327 e. The molecular formula is C24H19ClF4N4O. The fourth-order valence-corrected chi connectivity index (χ4v) is 5.28. The van der Waals surface area contributed by atoms with E-state index >= 15 is 0 Å². The lowest BCUT2D eigenvalue weighted by Gasteiger charge is -2.46. The maximum atomic E-state index is 13.6. The normalized spacial score (nSPS) is 19.6. The smallest absolute Gasteiger partial charge is 0.327 e. The highest BCUT2D eigenvalue weighted by Crippen LogP contribution is 2.45. The van der Waals surface area contributed by atoms with Crippen molar-refractivity contribution in [1.82, 2.24) is 19.9 Å². The monoisotopic (exact) mass is 490 g/mol. The Kier molecular flexibility index (Phi) is 5.55. The van der Waals surface area contributed by atoms with Crippen LogP contribution in [0.5, 0.6) is 0 Å². The minimum absolute atomic E-state index is 0.228. The van der Waals surface area contributed by atoms with Gasteiger partial charge in [0.15, 0.2) is 5.69 Å². The predicted molar refractivity (Wildman–Crippen MR) is 117 cm³/mol. The number of carbonyl (C=O) groups excluding carboxylic acids is 1. The summed E-state index contributed by atoms with van der Waals surface area (Å²) in [6.45, 7) is 1.74. The summed E-state index contributed by atoms with van der Waals surface area (Å²) in [7, 11) is 0. The number of aryl methyl sites for hydroxylation is 1. The van der Waals surface area contributed by atoms with Crippen LogP contribution in [0, 0.1) is 12.7 Å². The Morgan fingerprint density at radius 1 is 1.12 bits per heavy atom. The van der Waals surface area contributed by atoms with Gasteiger partial charge in [-0.1, -0.05) is 11.6 Å². The van der Waals surface area contributed by atoms with Gasteiger partial charge in [0, 0.05) is 23.4 Å². The number of halogens is 5. The summed E-state index contributed by atoms with van der Waals surface area (Å²) in [5.41, 5.74) is 1.49. The number of rotatable bonds is 2. The average molecular weight is 491 g/mol. The molecule has 4 heterocycles. The van der Waals surface area contributed by atoms with Crippen LogP contribution in [0.3, 0.4) is 0 Å². The second-order valence-electron chi connectivity index (χ2n) is 8.53. The molecule has 1 fully saturated rings. The van der Waals surface area contributed by atoms with Gasteiger partial charge in [-0.25, -0.2) is 14.4 Å². The van der Waals surface area contributed by atoms with E-state index in [4.69, 9.17) is 11.6 Å². The summed E-state index contributed by atoms with van der Waals surface area (Å²) < 4.78 is 53.5. The van der Waals surface area contributed by atoms with Gasteiger partial charge in [-0.05, 0) is 62.9 Å². The van der Waals surface area contributed by atoms with E-state index in [1.54, 1.807) is 24.0 Å². The third kappa shape index (κ3) is 3.81. The van der Waals surface area contributed by atoms with Gasteiger partial charge in [-0.15, -0.1) is 0 Å². The highest BCUT2D eigenvalue weighted by Gasteiger charge is 2.44. The lowest BCUT2D eigenvalue weighted by molar-refractivity contribution is -0.141. The maximum absolute atomic E-state index is 13.6. The van der Waals surface area contributed by atoms with Crippen LogP contribution in [-0.2, 0) is 12.6 Å². The molecule has 1 aromatic carbocycles. The molecule has 2 bridgehead atoms. The highest BCUT2D eigenvalue weighted by atomic mass is 35.5. The number of hydrogen-bond acceptors (Lipinski definition) is 4. The number of fused-ring (bicyclic) bond motifs is 4. The van der Waals surface area contributed by atoms with E-state index in [2.05, 4.69) is 15.0 Å². The summed E-state index contributed by atoms with van der Waals surface area (Å²) in [5, 5.41) is -0.699. The third-order valence-electron chi connectivity index (χ3n) is 6.39. The van der Waals surface area contributed by atoms with Crippen molar-refractivity contribution in [3.05, 3.63) is 75.7 Å². The second kappa shape index (κ2) is 8.30. The quantitative estimate of drug-likeness (QED) is 0.416. The molecule has 176 valence electrons. The fraction of sp³-hybridized carbons (Fsp3) is 0.333. The van der Waals surface area contributed by atoms with Gasteiger partial charge < -0.3 is 4.90 Å². The number of benzene rings is 1. The van der Waals surface area contributed by atoms with Crippen molar-refractivity contribution in [3.8, 4) is 11.3 Å². The number of amides is 1. The van der Waals surface area contributed by atoms with Crippen molar-refractivity contribution < 1.29 is 22.4 Å². The van der Waals surface area contributed by atoms with Crippen LogP contribution in [0.4, 0.5) is 17.6 Å². The number of piperidine rings is 1. The average Bonchev–Trinajstić information content (AvgIpc) is 2.78. The van der Waals surface area contributed by atoms with E-state index in [9.17, 15) is 22.4 Å². The molecule has 0 unspecified atom stereocenters. The zero-order chi connectivity index (χ0) is 24.2. The Hall–Kier alpha value is -3.07. The highest BCUT2D eigenvalue weighted by molar-refractivity contribution is 6.34. The molecule has 5 rings (SSSR count). The Balaban J connectivity index is 1.60. The zero-order valence-corrected chi connectivity index (χ0v) is 18.8. The van der Waals surface area contributed by atoms with Crippen LogP contribution >= 0.6 is 11.6 Å². The molecule has 1 amide bonds.